The number of benzene rings is 6. The first-order chi connectivity index (χ1) is 20.2. The van der Waals surface area contributed by atoms with Gasteiger partial charge >= 0.3 is 0 Å². The van der Waals surface area contributed by atoms with Crippen LogP contribution in [0.1, 0.15) is 11.1 Å². The summed E-state index contributed by atoms with van der Waals surface area (Å²) in [6, 6.07) is 52.1. The normalized spacial score (nSPS) is 10.9. The maximum atomic E-state index is 10.2. The van der Waals surface area contributed by atoms with Gasteiger partial charge in [-0.3, -0.25) is 0 Å². The third-order valence-electron chi connectivity index (χ3n) is 7.69. The van der Waals surface area contributed by atoms with Gasteiger partial charge in [0.1, 0.15) is 6.07 Å². The third kappa shape index (κ3) is 4.23. The molecule has 41 heavy (non-hydrogen) atoms. The minimum Gasteiger partial charge on any atom is -0.308 e. The van der Waals surface area contributed by atoms with Crippen molar-refractivity contribution in [2.75, 3.05) is 0 Å². The summed E-state index contributed by atoms with van der Waals surface area (Å²) in [4.78, 5) is 0. The highest BCUT2D eigenvalue weighted by molar-refractivity contribution is 6.12. The predicted molar refractivity (Wildman–Crippen MR) is 167 cm³/mol. The molecule has 0 N–H and O–H groups in total. The molecule has 0 aliphatic heterocycles. The van der Waals surface area contributed by atoms with Crippen LogP contribution in [0.5, 0.6) is 0 Å². The predicted octanol–water partition coefficient (Wildman–Crippen LogP) is 9.53. The quantitative estimate of drug-likeness (QED) is 0.232. The van der Waals surface area contributed by atoms with E-state index >= 15 is 0 Å². The molecule has 0 fully saturated rings. The molecule has 0 atom stereocenters. The fourth-order valence-corrected chi connectivity index (χ4v) is 5.63. The Kier molecular flexibility index (Phi) is 5.90. The Labute approximate surface area is 238 Å². The fraction of sp³-hybridized carbons (Fsp3) is 0. The average Bonchev–Trinajstić information content (AvgIpc) is 3.38. The van der Waals surface area contributed by atoms with Crippen LogP contribution < -0.4 is 0 Å². The molecule has 0 saturated heterocycles. The van der Waals surface area contributed by atoms with Gasteiger partial charge in [0.05, 0.1) is 33.9 Å². The zero-order chi connectivity index (χ0) is 27.8. The van der Waals surface area contributed by atoms with Crippen molar-refractivity contribution < 1.29 is 0 Å². The smallest absolute Gasteiger partial charge is 0.101 e. The van der Waals surface area contributed by atoms with Gasteiger partial charge < -0.3 is 4.57 Å². The number of fused-ring (bicyclic) bond motifs is 3. The molecule has 190 valence electrons. The van der Waals surface area contributed by atoms with E-state index in [1.54, 1.807) is 0 Å². The summed E-state index contributed by atoms with van der Waals surface area (Å²) in [5.74, 6) is 0. The molecule has 0 saturated carbocycles. The number of aromatic nitrogens is 1. The van der Waals surface area contributed by atoms with Crippen molar-refractivity contribution in [3.8, 4) is 51.2 Å². The van der Waals surface area contributed by atoms with Gasteiger partial charge in [-0.15, -0.1) is 0 Å². The van der Waals surface area contributed by atoms with E-state index in [2.05, 4.69) is 108 Å². The van der Waals surface area contributed by atoms with Crippen molar-refractivity contribution in [2.45, 2.75) is 0 Å². The molecule has 0 aliphatic rings. The summed E-state index contributed by atoms with van der Waals surface area (Å²) >= 11 is 0. The van der Waals surface area contributed by atoms with Gasteiger partial charge in [0, 0.05) is 10.8 Å². The SMILES string of the molecule is N#Cc1ccc(-c2ccc(C#N)c(-n3c4ccc(-c5ccccc5)cc4c4cc(-c5ccccc5)ccc43)c2)cc1. The zero-order valence-corrected chi connectivity index (χ0v) is 22.1. The van der Waals surface area contributed by atoms with Crippen LogP contribution >= 0.6 is 0 Å². The molecule has 0 aliphatic carbocycles. The van der Waals surface area contributed by atoms with Crippen molar-refractivity contribution in [2.24, 2.45) is 0 Å². The lowest BCUT2D eigenvalue weighted by Crippen LogP contribution is -1.98. The van der Waals surface area contributed by atoms with Gasteiger partial charge in [-0.1, -0.05) is 91.0 Å². The molecular weight excluding hydrogens is 498 g/mol. The number of hydrogen-bond donors (Lipinski definition) is 0. The largest absolute Gasteiger partial charge is 0.308 e. The molecule has 3 heteroatoms. The standard InChI is InChI=1S/C38H23N3/c39-24-26-11-13-29(14-12-26)32-15-16-33(25-40)38(23-32)41-36-19-17-30(27-7-3-1-4-8-27)21-34(36)35-22-31(18-20-37(35)41)28-9-5-2-6-10-28/h1-23H. The second-order valence-corrected chi connectivity index (χ2v) is 10.1. The lowest BCUT2D eigenvalue weighted by molar-refractivity contribution is 1.17. The van der Waals surface area contributed by atoms with Crippen LogP contribution in [0, 0.1) is 22.7 Å². The average molecular weight is 522 g/mol. The Balaban J connectivity index is 1.51. The van der Waals surface area contributed by atoms with E-state index in [0.717, 1.165) is 60.9 Å². The molecule has 7 aromatic rings. The van der Waals surface area contributed by atoms with Gasteiger partial charge in [0.15, 0.2) is 0 Å². The summed E-state index contributed by atoms with van der Waals surface area (Å²) in [6.45, 7) is 0. The van der Waals surface area contributed by atoms with Crippen molar-refractivity contribution in [3.63, 3.8) is 0 Å². The Morgan fingerprint density at radius 1 is 0.415 bits per heavy atom. The molecular formula is C38H23N3. The molecule has 0 unspecified atom stereocenters. The minimum absolute atomic E-state index is 0.598. The molecule has 0 radical (unpaired) electrons. The minimum atomic E-state index is 0.598. The number of nitriles is 2. The number of rotatable bonds is 4. The Morgan fingerprint density at radius 2 is 0.878 bits per heavy atom. The molecule has 3 nitrogen and oxygen atoms in total. The molecule has 0 bridgehead atoms. The van der Waals surface area contributed by atoms with Gasteiger partial charge in [0.2, 0.25) is 0 Å². The maximum absolute atomic E-state index is 10.2. The van der Waals surface area contributed by atoms with Crippen LogP contribution in [0.15, 0.2) is 140 Å². The van der Waals surface area contributed by atoms with Gasteiger partial charge in [0.25, 0.3) is 0 Å². The topological polar surface area (TPSA) is 52.5 Å². The first kappa shape index (κ1) is 24.2. The van der Waals surface area contributed by atoms with Crippen LogP contribution in [0.3, 0.4) is 0 Å². The van der Waals surface area contributed by atoms with E-state index < -0.39 is 0 Å². The van der Waals surface area contributed by atoms with Gasteiger partial charge in [-0.25, -0.2) is 0 Å². The molecule has 1 aromatic heterocycles. The lowest BCUT2D eigenvalue weighted by Gasteiger charge is -2.13. The zero-order valence-electron chi connectivity index (χ0n) is 22.1. The highest BCUT2D eigenvalue weighted by Gasteiger charge is 2.17. The first-order valence-electron chi connectivity index (χ1n) is 13.5. The van der Waals surface area contributed by atoms with Gasteiger partial charge in [-0.2, -0.15) is 10.5 Å². The van der Waals surface area contributed by atoms with Crippen LogP contribution in [-0.4, -0.2) is 4.57 Å². The van der Waals surface area contributed by atoms with Crippen LogP contribution in [0.25, 0.3) is 60.9 Å². The summed E-state index contributed by atoms with van der Waals surface area (Å²) in [5, 5.41) is 21.7. The number of nitrogens with zero attached hydrogens (tertiary/aromatic N) is 3. The highest BCUT2D eigenvalue weighted by atomic mass is 15.0. The van der Waals surface area contributed by atoms with Crippen molar-refractivity contribution in [1.82, 2.24) is 4.57 Å². The molecule has 0 amide bonds. The molecule has 6 aromatic carbocycles. The van der Waals surface area contributed by atoms with Crippen molar-refractivity contribution in [1.29, 1.82) is 10.5 Å². The van der Waals surface area contributed by atoms with Crippen LogP contribution in [0.4, 0.5) is 0 Å². The maximum Gasteiger partial charge on any atom is 0.101 e. The van der Waals surface area contributed by atoms with E-state index in [1.165, 1.54) is 0 Å². The lowest BCUT2D eigenvalue weighted by atomic mass is 10.0. The van der Waals surface area contributed by atoms with E-state index in [9.17, 15) is 10.5 Å². The van der Waals surface area contributed by atoms with Crippen molar-refractivity contribution in [3.05, 3.63) is 151 Å². The van der Waals surface area contributed by atoms with E-state index in [0.29, 0.717) is 11.1 Å². The number of hydrogen-bond acceptors (Lipinski definition) is 2. The van der Waals surface area contributed by atoms with Crippen LogP contribution in [-0.2, 0) is 0 Å². The Morgan fingerprint density at radius 3 is 1.39 bits per heavy atom. The fourth-order valence-electron chi connectivity index (χ4n) is 5.63. The molecule has 7 rings (SSSR count). The van der Waals surface area contributed by atoms with E-state index in [4.69, 9.17) is 0 Å². The third-order valence-corrected chi connectivity index (χ3v) is 7.69. The Hall–Kier alpha value is -5.90. The van der Waals surface area contributed by atoms with E-state index in [-0.39, 0.29) is 0 Å². The summed E-state index contributed by atoms with van der Waals surface area (Å²) in [6.07, 6.45) is 0. The molecule has 0 spiro atoms. The summed E-state index contributed by atoms with van der Waals surface area (Å²) < 4.78 is 2.21. The first-order valence-corrected chi connectivity index (χ1v) is 13.5. The van der Waals surface area contributed by atoms with Crippen molar-refractivity contribution >= 4 is 21.8 Å². The second-order valence-electron chi connectivity index (χ2n) is 10.1. The molecule has 1 heterocycles. The van der Waals surface area contributed by atoms with E-state index in [1.807, 2.05) is 48.5 Å². The van der Waals surface area contributed by atoms with Crippen LogP contribution in [0.2, 0.25) is 0 Å². The summed E-state index contributed by atoms with van der Waals surface area (Å²) in [7, 11) is 0. The second kappa shape index (κ2) is 10.0. The highest BCUT2D eigenvalue weighted by Crippen LogP contribution is 2.38. The summed E-state index contributed by atoms with van der Waals surface area (Å²) in [5.41, 5.74) is 10.7. The Bertz CT molecular complexity index is 2040. The van der Waals surface area contributed by atoms with Gasteiger partial charge in [-0.05, 0) is 81.9 Å². The monoisotopic (exact) mass is 521 g/mol.